The van der Waals surface area contributed by atoms with Crippen LogP contribution < -0.4 is 24.8 Å². The van der Waals surface area contributed by atoms with Gasteiger partial charge in [0.05, 0.1) is 29.5 Å². The van der Waals surface area contributed by atoms with Crippen LogP contribution in [0.1, 0.15) is 26.5 Å². The maximum absolute atomic E-state index is 12.6. The molecule has 13 nitrogen and oxygen atoms in total. The molecule has 4 N–H and O–H groups in total. The lowest BCUT2D eigenvalue weighted by atomic mass is 9.93. The highest BCUT2D eigenvalue weighted by Gasteiger charge is 2.23. The summed E-state index contributed by atoms with van der Waals surface area (Å²) in [5.41, 5.74) is 0.869. The summed E-state index contributed by atoms with van der Waals surface area (Å²) in [4.78, 5) is 23.4. The van der Waals surface area contributed by atoms with Crippen molar-refractivity contribution in [3.05, 3.63) is 54.6 Å². The van der Waals surface area contributed by atoms with E-state index >= 15 is 0 Å². The molecule has 230 valence electrons. The number of carbonyl (C=O) groups excluding carboxylic acids is 1. The van der Waals surface area contributed by atoms with Gasteiger partial charge >= 0.3 is 6.03 Å². The number of nitrogens with zero attached hydrogens (tertiary/aromatic N) is 4. The van der Waals surface area contributed by atoms with Gasteiger partial charge in [-0.3, -0.25) is 19.3 Å². The molecule has 14 heteroatoms. The third-order valence-corrected chi connectivity index (χ3v) is 8.49. The minimum atomic E-state index is -2.43. The van der Waals surface area contributed by atoms with Gasteiger partial charge in [0.1, 0.15) is 24.4 Å². The number of hydrogen-bond donors (Lipinski definition) is 4. The first-order valence-corrected chi connectivity index (χ1v) is 15.6. The van der Waals surface area contributed by atoms with Crippen molar-refractivity contribution in [3.8, 4) is 23.1 Å². The van der Waals surface area contributed by atoms with Gasteiger partial charge < -0.3 is 24.1 Å². The molecule has 5 rings (SSSR count). The van der Waals surface area contributed by atoms with E-state index < -0.39 is 16.6 Å². The summed E-state index contributed by atoms with van der Waals surface area (Å²) in [5, 5.41) is 9.96. The van der Waals surface area contributed by atoms with Gasteiger partial charge in [0.15, 0.2) is 17.3 Å². The van der Waals surface area contributed by atoms with Gasteiger partial charge in [-0.15, -0.1) is 0 Å². The monoisotopic (exact) mass is 612 g/mol. The molecule has 2 aromatic heterocycles. The van der Waals surface area contributed by atoms with Crippen LogP contribution >= 0.6 is 10.6 Å². The van der Waals surface area contributed by atoms with Crippen molar-refractivity contribution in [2.45, 2.75) is 26.2 Å². The predicted octanol–water partition coefficient (Wildman–Crippen LogP) is 5.81. The molecule has 0 spiro atoms. The fourth-order valence-electron chi connectivity index (χ4n) is 4.38. The first-order valence-electron chi connectivity index (χ1n) is 13.7. The van der Waals surface area contributed by atoms with Gasteiger partial charge in [-0.2, -0.15) is 10.6 Å². The molecule has 0 aliphatic carbocycles. The fourth-order valence-corrected chi connectivity index (χ4v) is 5.69. The van der Waals surface area contributed by atoms with E-state index in [-0.39, 0.29) is 5.41 Å². The first-order chi connectivity index (χ1) is 20.5. The Morgan fingerprint density at radius 3 is 2.58 bits per heavy atom. The highest BCUT2D eigenvalue weighted by atomic mass is 32.3. The van der Waals surface area contributed by atoms with Crippen LogP contribution in [0.5, 0.6) is 23.1 Å². The van der Waals surface area contributed by atoms with Crippen molar-refractivity contribution >= 4 is 39.0 Å². The highest BCUT2D eigenvalue weighted by molar-refractivity contribution is 8.24. The molecule has 1 saturated heterocycles. The molecule has 2 amide bonds. The summed E-state index contributed by atoms with van der Waals surface area (Å²) in [6.07, 6.45) is 1.40. The summed E-state index contributed by atoms with van der Waals surface area (Å²) in [6, 6.07) is 11.6. The lowest BCUT2D eigenvalue weighted by Crippen LogP contribution is -2.40. The van der Waals surface area contributed by atoms with E-state index in [0.717, 1.165) is 0 Å². The van der Waals surface area contributed by atoms with E-state index in [2.05, 4.69) is 30.7 Å². The molecule has 2 aromatic carbocycles. The summed E-state index contributed by atoms with van der Waals surface area (Å²) < 4.78 is 42.7. The van der Waals surface area contributed by atoms with Gasteiger partial charge in [0, 0.05) is 48.9 Å². The van der Waals surface area contributed by atoms with Crippen LogP contribution in [-0.4, -0.2) is 80.0 Å². The van der Waals surface area contributed by atoms with Gasteiger partial charge in [-0.05, 0) is 18.2 Å². The molecule has 0 bridgehead atoms. The second kappa shape index (κ2) is 12.6. The number of hydrogen-bond acceptors (Lipinski definition) is 11. The quantitative estimate of drug-likeness (QED) is 0.180. The number of anilines is 2. The maximum atomic E-state index is 12.6. The van der Waals surface area contributed by atoms with Crippen molar-refractivity contribution < 1.29 is 32.6 Å². The molecular formula is C29H36N6O7S. The van der Waals surface area contributed by atoms with Gasteiger partial charge in [0.25, 0.3) is 0 Å². The standard InChI is InChI=1S/C29H36N6O7S/c1-29(2,3)25-17-26(34-42-25)33-28(36)32-19-6-5-7-20(14-19)41-27-21-15-23(39-4)24(16-22(21)30-18-31-27)40-11-8-35-9-12-43(37,38)13-10-35/h5-7,14-18,37-38H,8-13H2,1-4H3,(H2,32,33,34,36). The zero-order chi connectivity index (χ0) is 30.6. The van der Waals surface area contributed by atoms with Crippen LogP contribution in [0.25, 0.3) is 10.9 Å². The van der Waals surface area contributed by atoms with Gasteiger partial charge in [-0.1, -0.05) is 32.0 Å². The van der Waals surface area contributed by atoms with E-state index in [1.54, 1.807) is 49.6 Å². The molecule has 0 radical (unpaired) electrons. The zero-order valence-corrected chi connectivity index (χ0v) is 25.3. The molecule has 4 aromatic rings. The topological polar surface area (TPSA) is 164 Å². The van der Waals surface area contributed by atoms with E-state index in [1.165, 1.54) is 6.33 Å². The Bertz CT molecular complexity index is 1580. The number of ether oxygens (including phenoxy) is 3. The first kappa shape index (κ1) is 30.4. The number of carbonyl (C=O) groups is 1. The zero-order valence-electron chi connectivity index (χ0n) is 24.5. The third-order valence-electron chi connectivity index (χ3n) is 6.82. The number of urea groups is 1. The molecular weight excluding hydrogens is 576 g/mol. The number of rotatable bonds is 9. The van der Waals surface area contributed by atoms with Crippen LogP contribution in [0.15, 0.2) is 53.3 Å². The van der Waals surface area contributed by atoms with Crippen LogP contribution in [0, 0.1) is 0 Å². The minimum absolute atomic E-state index is 0.232. The smallest absolute Gasteiger partial charge is 0.324 e. The number of amides is 2. The lowest BCUT2D eigenvalue weighted by molar-refractivity contribution is 0.211. The van der Waals surface area contributed by atoms with Crippen molar-refractivity contribution in [2.24, 2.45) is 0 Å². The van der Waals surface area contributed by atoms with E-state index in [4.69, 9.17) is 18.7 Å². The summed E-state index contributed by atoms with van der Waals surface area (Å²) in [5.74, 6) is 3.53. The molecule has 1 aliphatic rings. The Kier molecular flexibility index (Phi) is 8.92. The van der Waals surface area contributed by atoms with Crippen molar-refractivity contribution in [2.75, 3.05) is 55.5 Å². The predicted molar refractivity (Wildman–Crippen MR) is 165 cm³/mol. The maximum Gasteiger partial charge on any atom is 0.324 e. The Morgan fingerprint density at radius 1 is 1.07 bits per heavy atom. The molecule has 3 heterocycles. The van der Waals surface area contributed by atoms with Crippen LogP contribution in [0.4, 0.5) is 16.3 Å². The van der Waals surface area contributed by atoms with Crippen LogP contribution in [0.3, 0.4) is 0 Å². The van der Waals surface area contributed by atoms with Gasteiger partial charge in [0.2, 0.25) is 5.88 Å². The molecule has 43 heavy (non-hydrogen) atoms. The van der Waals surface area contributed by atoms with Crippen LogP contribution in [-0.2, 0) is 5.41 Å². The third kappa shape index (κ3) is 7.84. The molecule has 0 saturated carbocycles. The summed E-state index contributed by atoms with van der Waals surface area (Å²) >= 11 is 0. The number of aromatic nitrogens is 3. The normalized spacial score (nSPS) is 16.0. The van der Waals surface area contributed by atoms with E-state index in [1.807, 2.05) is 20.8 Å². The molecule has 0 atom stereocenters. The Hall–Kier alpha value is -4.11. The number of methoxy groups -OCH3 is 1. The molecule has 1 fully saturated rings. The van der Waals surface area contributed by atoms with Crippen molar-refractivity contribution in [1.82, 2.24) is 20.0 Å². The van der Waals surface area contributed by atoms with Crippen molar-refractivity contribution in [1.29, 1.82) is 0 Å². The molecule has 0 unspecified atom stereocenters. The molecule has 1 aliphatic heterocycles. The SMILES string of the molecule is COc1cc2c(Oc3cccc(NC(=O)Nc4cc(C(C)(C)C)on4)c3)ncnc2cc1OCCN1CCS(O)(O)CC1. The average Bonchev–Trinajstić information content (AvgIpc) is 3.43. The van der Waals surface area contributed by atoms with E-state index in [9.17, 15) is 13.9 Å². The number of fused-ring (bicyclic) bond motifs is 1. The van der Waals surface area contributed by atoms with E-state index in [0.29, 0.717) is 89.0 Å². The minimum Gasteiger partial charge on any atom is -0.493 e. The fraction of sp³-hybridized carbons (Fsp3) is 0.379. The summed E-state index contributed by atoms with van der Waals surface area (Å²) in [7, 11) is -0.881. The van der Waals surface area contributed by atoms with Gasteiger partial charge in [-0.25, -0.2) is 14.8 Å². The average molecular weight is 613 g/mol. The Morgan fingerprint density at radius 2 is 1.86 bits per heavy atom. The van der Waals surface area contributed by atoms with Crippen molar-refractivity contribution in [3.63, 3.8) is 0 Å². The Labute approximate surface area is 250 Å². The largest absolute Gasteiger partial charge is 0.493 e. The lowest BCUT2D eigenvalue weighted by Gasteiger charge is -2.40. The number of benzene rings is 2. The highest BCUT2D eigenvalue weighted by Crippen LogP contribution is 2.40. The second-order valence-electron chi connectivity index (χ2n) is 11.1. The second-order valence-corrected chi connectivity index (χ2v) is 13.6. The Balaban J connectivity index is 1.24. The van der Waals surface area contributed by atoms with Crippen LogP contribution in [0.2, 0.25) is 0 Å². The number of nitrogens with one attached hydrogen (secondary N) is 2. The summed E-state index contributed by atoms with van der Waals surface area (Å²) in [6.45, 7) is 8.26.